The van der Waals surface area contributed by atoms with E-state index in [9.17, 15) is 14.4 Å². The Balaban J connectivity index is 1.68. The monoisotopic (exact) mass is 514 g/mol. The number of guanidine groups is 1. The number of nitrogens with two attached hydrogens (primary N) is 1. The summed E-state index contributed by atoms with van der Waals surface area (Å²) < 4.78 is 4.75. The summed E-state index contributed by atoms with van der Waals surface area (Å²) in [5.41, 5.74) is 6.53. The van der Waals surface area contributed by atoms with Gasteiger partial charge in [0.25, 0.3) is 0 Å². The minimum Gasteiger partial charge on any atom is -0.468 e. The van der Waals surface area contributed by atoms with E-state index in [1.807, 2.05) is 30.3 Å². The Morgan fingerprint density at radius 1 is 1.03 bits per heavy atom. The fourth-order valence-corrected chi connectivity index (χ4v) is 5.22. The number of hydrogen-bond acceptors (Lipinski definition) is 6. The van der Waals surface area contributed by atoms with Crippen LogP contribution in [0.2, 0.25) is 0 Å². The third kappa shape index (κ3) is 9.35. The van der Waals surface area contributed by atoms with Crippen LogP contribution in [0.15, 0.2) is 30.3 Å². The molecule has 6 N–H and O–H groups in total. The minimum absolute atomic E-state index is 0.0439. The Labute approximate surface area is 219 Å². The third-order valence-electron chi connectivity index (χ3n) is 7.43. The number of esters is 1. The first-order chi connectivity index (χ1) is 17.9. The van der Waals surface area contributed by atoms with Crippen LogP contribution in [-0.2, 0) is 25.5 Å². The maximum absolute atomic E-state index is 13.5. The largest absolute Gasteiger partial charge is 0.468 e. The topological polar surface area (TPSA) is 150 Å². The van der Waals surface area contributed by atoms with Crippen LogP contribution in [0.5, 0.6) is 0 Å². The van der Waals surface area contributed by atoms with Gasteiger partial charge in [-0.3, -0.25) is 25.1 Å². The molecular formula is C27H42N6O4. The molecule has 0 radical (unpaired) electrons. The van der Waals surface area contributed by atoms with Crippen molar-refractivity contribution in [1.29, 1.82) is 5.41 Å². The standard InChI is InChI=1S/C27H42N6O4/c1-37-24(34)18-30-22(16-19-8-4-2-5-9-19)25(35)32-23(17-20-10-6-3-7-11-20)26(36)31-21-12-14-33(15-13-21)27(28)29/h3,6-7,10-11,19,21-23,30H,2,4-5,8-9,12-18H2,1H3,(H3,28,29)(H,31,36)(H,32,35)/t22?,23-/m1/s1. The molecule has 2 fully saturated rings. The normalized spacial score (nSPS) is 18.5. The summed E-state index contributed by atoms with van der Waals surface area (Å²) in [7, 11) is 1.32. The van der Waals surface area contributed by atoms with E-state index in [2.05, 4.69) is 16.0 Å². The number of likely N-dealkylation sites (tertiary alicyclic amines) is 1. The molecule has 10 heteroatoms. The maximum atomic E-state index is 13.5. The molecule has 1 saturated heterocycles. The number of carbonyl (C=O) groups excluding carboxylic acids is 3. The van der Waals surface area contributed by atoms with Crippen LogP contribution in [0, 0.1) is 11.3 Å². The summed E-state index contributed by atoms with van der Waals surface area (Å²) in [6.07, 6.45) is 7.99. The molecule has 37 heavy (non-hydrogen) atoms. The van der Waals surface area contributed by atoms with Crippen LogP contribution in [0.25, 0.3) is 0 Å². The summed E-state index contributed by atoms with van der Waals surface area (Å²) in [5.74, 6) is -0.498. The number of nitrogens with one attached hydrogen (secondary N) is 4. The third-order valence-corrected chi connectivity index (χ3v) is 7.43. The molecule has 1 aromatic rings. The number of hydrogen-bond donors (Lipinski definition) is 5. The fourth-order valence-electron chi connectivity index (χ4n) is 5.22. The SMILES string of the molecule is COC(=O)CNC(CC1CCCCC1)C(=O)N[C@H](Cc1ccccc1)C(=O)NC1CCN(C(=N)N)CC1. The first-order valence-corrected chi connectivity index (χ1v) is 13.4. The summed E-state index contributed by atoms with van der Waals surface area (Å²) in [6.45, 7) is 1.15. The molecule has 2 aliphatic rings. The second kappa shape index (κ2) is 14.6. The lowest BCUT2D eigenvalue weighted by molar-refractivity contribution is -0.140. The highest BCUT2D eigenvalue weighted by molar-refractivity contribution is 5.90. The fraction of sp³-hybridized carbons (Fsp3) is 0.630. The first kappa shape index (κ1) is 28.4. The van der Waals surface area contributed by atoms with E-state index >= 15 is 0 Å². The highest BCUT2D eigenvalue weighted by atomic mass is 16.5. The summed E-state index contributed by atoms with van der Waals surface area (Å²) >= 11 is 0. The number of methoxy groups -OCH3 is 1. The summed E-state index contributed by atoms with van der Waals surface area (Å²) in [6, 6.07) is 8.22. The van der Waals surface area contributed by atoms with Crippen LogP contribution in [0.4, 0.5) is 0 Å². The Hall–Kier alpha value is -3.14. The summed E-state index contributed by atoms with van der Waals surface area (Å²) in [4.78, 5) is 40.4. The molecule has 1 aromatic carbocycles. The molecule has 1 heterocycles. The lowest BCUT2D eigenvalue weighted by Crippen LogP contribution is -2.57. The van der Waals surface area contributed by atoms with Crippen molar-refractivity contribution in [3.05, 3.63) is 35.9 Å². The van der Waals surface area contributed by atoms with E-state index in [0.717, 1.165) is 31.2 Å². The number of benzene rings is 1. The highest BCUT2D eigenvalue weighted by Gasteiger charge is 2.30. The van der Waals surface area contributed by atoms with Gasteiger partial charge in [0.2, 0.25) is 11.8 Å². The Morgan fingerprint density at radius 2 is 1.70 bits per heavy atom. The zero-order valence-electron chi connectivity index (χ0n) is 21.8. The quantitative estimate of drug-likeness (QED) is 0.170. The van der Waals surface area contributed by atoms with E-state index in [1.165, 1.54) is 13.5 Å². The van der Waals surface area contributed by atoms with Crippen molar-refractivity contribution in [3.8, 4) is 0 Å². The van der Waals surface area contributed by atoms with Gasteiger partial charge in [-0.2, -0.15) is 0 Å². The molecule has 10 nitrogen and oxygen atoms in total. The van der Waals surface area contributed by atoms with Crippen molar-refractivity contribution in [1.82, 2.24) is 20.9 Å². The van der Waals surface area contributed by atoms with Crippen LogP contribution < -0.4 is 21.7 Å². The number of rotatable bonds is 11. The molecule has 0 bridgehead atoms. The van der Waals surface area contributed by atoms with Crippen molar-refractivity contribution in [2.75, 3.05) is 26.7 Å². The highest BCUT2D eigenvalue weighted by Crippen LogP contribution is 2.27. The van der Waals surface area contributed by atoms with Gasteiger partial charge in [-0.15, -0.1) is 0 Å². The van der Waals surface area contributed by atoms with Crippen LogP contribution in [-0.4, -0.2) is 73.5 Å². The lowest BCUT2D eigenvalue weighted by Gasteiger charge is -2.33. The number of ether oxygens (including phenoxy) is 1. The minimum atomic E-state index is -0.755. The van der Waals surface area contributed by atoms with Crippen molar-refractivity contribution >= 4 is 23.7 Å². The molecule has 1 aliphatic carbocycles. The summed E-state index contributed by atoms with van der Waals surface area (Å²) in [5, 5.41) is 16.8. The van der Waals surface area contributed by atoms with Crippen molar-refractivity contribution in [2.45, 2.75) is 75.9 Å². The van der Waals surface area contributed by atoms with Gasteiger partial charge in [0.05, 0.1) is 19.7 Å². The van der Waals surface area contributed by atoms with Crippen LogP contribution in [0.3, 0.4) is 0 Å². The van der Waals surface area contributed by atoms with Gasteiger partial charge in [-0.05, 0) is 30.7 Å². The van der Waals surface area contributed by atoms with E-state index in [0.29, 0.717) is 44.7 Å². The number of nitrogens with zero attached hydrogens (tertiary/aromatic N) is 1. The maximum Gasteiger partial charge on any atom is 0.319 e. The van der Waals surface area contributed by atoms with Gasteiger partial charge in [0.1, 0.15) is 6.04 Å². The lowest BCUT2D eigenvalue weighted by atomic mass is 9.84. The molecule has 1 saturated carbocycles. The molecule has 3 rings (SSSR count). The zero-order chi connectivity index (χ0) is 26.6. The van der Waals surface area contributed by atoms with E-state index in [4.69, 9.17) is 15.9 Å². The average molecular weight is 515 g/mol. The Bertz CT molecular complexity index is 897. The second-order valence-electron chi connectivity index (χ2n) is 10.2. The van der Waals surface area contributed by atoms with Gasteiger partial charge in [-0.25, -0.2) is 0 Å². The molecule has 0 aromatic heterocycles. The van der Waals surface area contributed by atoms with E-state index in [-0.39, 0.29) is 30.4 Å². The second-order valence-corrected chi connectivity index (χ2v) is 10.2. The molecule has 2 amide bonds. The van der Waals surface area contributed by atoms with Gasteiger partial charge in [0.15, 0.2) is 5.96 Å². The van der Waals surface area contributed by atoms with E-state index in [1.54, 1.807) is 4.90 Å². The van der Waals surface area contributed by atoms with Gasteiger partial charge in [-0.1, -0.05) is 62.4 Å². The van der Waals surface area contributed by atoms with Gasteiger partial charge >= 0.3 is 5.97 Å². The predicted molar refractivity (Wildman–Crippen MR) is 142 cm³/mol. The molecule has 1 unspecified atom stereocenters. The number of piperidine rings is 1. The predicted octanol–water partition coefficient (Wildman–Crippen LogP) is 1.29. The first-order valence-electron chi connectivity index (χ1n) is 13.4. The smallest absolute Gasteiger partial charge is 0.319 e. The van der Waals surface area contributed by atoms with Crippen molar-refractivity contribution in [3.63, 3.8) is 0 Å². The molecule has 2 atom stereocenters. The van der Waals surface area contributed by atoms with Crippen LogP contribution in [0.1, 0.15) is 56.9 Å². The Morgan fingerprint density at radius 3 is 2.32 bits per heavy atom. The number of amides is 2. The zero-order valence-corrected chi connectivity index (χ0v) is 21.8. The van der Waals surface area contributed by atoms with Gasteiger partial charge < -0.3 is 26.0 Å². The van der Waals surface area contributed by atoms with Crippen molar-refractivity contribution < 1.29 is 19.1 Å². The van der Waals surface area contributed by atoms with Gasteiger partial charge in [0, 0.05) is 25.6 Å². The molecular weight excluding hydrogens is 472 g/mol. The Kier molecular flexibility index (Phi) is 11.2. The van der Waals surface area contributed by atoms with Crippen LogP contribution >= 0.6 is 0 Å². The van der Waals surface area contributed by atoms with Crippen molar-refractivity contribution in [2.24, 2.45) is 11.7 Å². The van der Waals surface area contributed by atoms with E-state index < -0.39 is 18.1 Å². The number of carbonyl (C=O) groups is 3. The molecule has 204 valence electrons. The molecule has 1 aliphatic heterocycles. The average Bonchev–Trinajstić information content (AvgIpc) is 2.91. The molecule has 0 spiro atoms.